The van der Waals surface area contributed by atoms with Gasteiger partial charge in [0.15, 0.2) is 0 Å². The minimum absolute atomic E-state index is 0. The molecule has 0 spiro atoms. The molecule has 2 aliphatic rings. The topological polar surface area (TPSA) is 0 Å². The van der Waals surface area contributed by atoms with Crippen LogP contribution in [0.2, 0.25) is 0 Å². The van der Waals surface area contributed by atoms with Crippen LogP contribution in [0.3, 0.4) is 0 Å². The van der Waals surface area contributed by atoms with E-state index in [0.29, 0.717) is 5.92 Å². The first-order chi connectivity index (χ1) is 11.5. The fourth-order valence-electron chi connectivity index (χ4n) is 3.36. The number of allylic oxidation sites excluding steroid dienone is 12. The molecule has 26 heavy (non-hydrogen) atoms. The Balaban J connectivity index is 0. The second kappa shape index (κ2) is 12.7. The van der Waals surface area contributed by atoms with E-state index >= 15 is 0 Å². The minimum atomic E-state index is 0. The summed E-state index contributed by atoms with van der Waals surface area (Å²) in [6, 6.07) is 0. The minimum Gasteiger partial charge on any atom is -0.0871 e. The third-order valence-electron chi connectivity index (χ3n) is 5.03. The average molecular weight is 357 g/mol. The van der Waals surface area contributed by atoms with Gasteiger partial charge >= 0.3 is 0 Å². The van der Waals surface area contributed by atoms with Crippen molar-refractivity contribution in [1.29, 1.82) is 0 Å². The second-order valence-corrected chi connectivity index (χ2v) is 6.88. The molecule has 0 saturated heterocycles. The van der Waals surface area contributed by atoms with E-state index in [0.717, 1.165) is 19.3 Å². The first kappa shape index (κ1) is 26.7. The van der Waals surface area contributed by atoms with Gasteiger partial charge < -0.3 is 0 Å². The summed E-state index contributed by atoms with van der Waals surface area (Å²) in [5, 5.41) is 0. The highest BCUT2D eigenvalue weighted by Gasteiger charge is 2.20. The Morgan fingerprint density at radius 1 is 1.04 bits per heavy atom. The fourth-order valence-corrected chi connectivity index (χ4v) is 3.36. The Bertz CT molecular complexity index is 625. The van der Waals surface area contributed by atoms with E-state index < -0.39 is 0 Å². The van der Waals surface area contributed by atoms with Crippen molar-refractivity contribution >= 4 is 0 Å². The molecular formula is C26H44. The van der Waals surface area contributed by atoms with Crippen molar-refractivity contribution in [3.8, 4) is 0 Å². The van der Waals surface area contributed by atoms with Gasteiger partial charge in [-0.05, 0) is 80.7 Å². The molecule has 0 N–H and O–H groups in total. The van der Waals surface area contributed by atoms with Gasteiger partial charge in [0, 0.05) is 0 Å². The molecule has 0 aromatic rings. The quantitative estimate of drug-likeness (QED) is 0.462. The number of hydrogen-bond donors (Lipinski definition) is 0. The summed E-state index contributed by atoms with van der Waals surface area (Å²) in [6.07, 6.45) is 14.9. The number of rotatable bonds is 2. The Hall–Kier alpha value is -1.56. The first-order valence-electron chi connectivity index (χ1n) is 9.56. The van der Waals surface area contributed by atoms with Crippen LogP contribution in [-0.2, 0) is 0 Å². The predicted molar refractivity (Wildman–Crippen MR) is 124 cm³/mol. The average Bonchev–Trinajstić information content (AvgIpc) is 2.56. The van der Waals surface area contributed by atoms with E-state index in [1.165, 1.54) is 27.9 Å². The summed E-state index contributed by atoms with van der Waals surface area (Å²) in [4.78, 5) is 0. The van der Waals surface area contributed by atoms with Crippen molar-refractivity contribution in [2.75, 3.05) is 0 Å². The molecule has 0 atom stereocenters. The Labute approximate surface area is 165 Å². The van der Waals surface area contributed by atoms with E-state index in [4.69, 9.17) is 0 Å². The maximum absolute atomic E-state index is 2.38. The molecule has 0 saturated carbocycles. The van der Waals surface area contributed by atoms with Crippen molar-refractivity contribution in [3.05, 3.63) is 69.4 Å². The molecule has 0 aromatic carbocycles. The molecule has 0 aliphatic heterocycles. The maximum atomic E-state index is 2.38. The van der Waals surface area contributed by atoms with Gasteiger partial charge in [0.25, 0.3) is 0 Å². The zero-order valence-corrected chi connectivity index (χ0v) is 17.1. The van der Waals surface area contributed by atoms with Crippen LogP contribution in [0.25, 0.3) is 0 Å². The zero-order chi connectivity index (χ0) is 18.3. The van der Waals surface area contributed by atoms with Crippen LogP contribution in [0.4, 0.5) is 0 Å². The Morgan fingerprint density at radius 2 is 1.65 bits per heavy atom. The van der Waals surface area contributed by atoms with Crippen molar-refractivity contribution < 1.29 is 0 Å². The summed E-state index contributed by atoms with van der Waals surface area (Å²) in [7, 11) is 0. The molecule has 0 fully saturated rings. The lowest BCUT2D eigenvalue weighted by molar-refractivity contribution is 0.746. The highest BCUT2D eigenvalue weighted by Crippen LogP contribution is 2.38. The van der Waals surface area contributed by atoms with Gasteiger partial charge in [-0.15, -0.1) is 0 Å². The summed E-state index contributed by atoms with van der Waals surface area (Å²) in [6.45, 7) is 17.5. The van der Waals surface area contributed by atoms with Crippen LogP contribution in [0.5, 0.6) is 0 Å². The largest absolute Gasteiger partial charge is 0.0871 e. The van der Waals surface area contributed by atoms with Crippen LogP contribution >= 0.6 is 0 Å². The van der Waals surface area contributed by atoms with E-state index in [1.54, 1.807) is 11.1 Å². The third-order valence-corrected chi connectivity index (χ3v) is 5.03. The summed E-state index contributed by atoms with van der Waals surface area (Å²) in [5.74, 6) is 0.628. The smallest absolute Gasteiger partial charge is 0.0126 e. The Kier molecular flexibility index (Phi) is 13.1. The van der Waals surface area contributed by atoms with Crippen molar-refractivity contribution in [1.82, 2.24) is 0 Å². The molecule has 0 heterocycles. The molecule has 0 unspecified atom stereocenters. The monoisotopic (exact) mass is 356 g/mol. The molecule has 2 aliphatic carbocycles. The van der Waals surface area contributed by atoms with Gasteiger partial charge in [-0.1, -0.05) is 84.1 Å². The molecule has 0 aromatic heterocycles. The molecule has 0 radical (unpaired) electrons. The number of hydrogen-bond acceptors (Lipinski definition) is 0. The lowest BCUT2D eigenvalue weighted by Crippen LogP contribution is -2.07. The van der Waals surface area contributed by atoms with Gasteiger partial charge in [-0.3, -0.25) is 0 Å². The third kappa shape index (κ3) is 6.31. The summed E-state index contributed by atoms with van der Waals surface area (Å²) < 4.78 is 0. The molecular weight excluding hydrogens is 312 g/mol. The molecule has 0 nitrogen and oxygen atoms in total. The van der Waals surface area contributed by atoms with Crippen molar-refractivity contribution in [2.24, 2.45) is 5.92 Å². The van der Waals surface area contributed by atoms with Crippen LogP contribution in [0, 0.1) is 5.92 Å². The first-order valence-corrected chi connectivity index (χ1v) is 9.56. The maximum Gasteiger partial charge on any atom is -0.0126 e. The van der Waals surface area contributed by atoms with Crippen LogP contribution < -0.4 is 0 Å². The fraction of sp³-hybridized carbons (Fsp3) is 0.538. The normalized spacial score (nSPS) is 22.9. The van der Waals surface area contributed by atoms with E-state index in [2.05, 4.69) is 71.9 Å². The van der Waals surface area contributed by atoms with Gasteiger partial charge in [0.2, 0.25) is 0 Å². The molecule has 0 amide bonds. The summed E-state index contributed by atoms with van der Waals surface area (Å²) >= 11 is 0. The summed E-state index contributed by atoms with van der Waals surface area (Å²) in [5.41, 5.74) is 10.4. The van der Waals surface area contributed by atoms with Crippen LogP contribution in [0.15, 0.2) is 69.4 Å². The van der Waals surface area contributed by atoms with Gasteiger partial charge in [0.05, 0.1) is 0 Å². The molecule has 148 valence electrons. The van der Waals surface area contributed by atoms with Gasteiger partial charge in [-0.25, -0.2) is 0 Å². The highest BCUT2D eigenvalue weighted by molar-refractivity contribution is 5.61. The van der Waals surface area contributed by atoms with E-state index in [-0.39, 0.29) is 14.9 Å². The van der Waals surface area contributed by atoms with Crippen LogP contribution in [-0.4, -0.2) is 0 Å². The highest BCUT2D eigenvalue weighted by atomic mass is 14.2. The van der Waals surface area contributed by atoms with Crippen LogP contribution in [0.1, 0.15) is 89.5 Å². The molecule has 2 rings (SSSR count). The van der Waals surface area contributed by atoms with Gasteiger partial charge in [-0.2, -0.15) is 0 Å². The molecule has 0 heteroatoms. The van der Waals surface area contributed by atoms with Gasteiger partial charge in [0.1, 0.15) is 0 Å². The van der Waals surface area contributed by atoms with E-state index in [1.807, 2.05) is 13.8 Å². The predicted octanol–water partition coefficient (Wildman–Crippen LogP) is 9.15. The number of fused-ring (bicyclic) bond motifs is 1. The Morgan fingerprint density at radius 3 is 2.19 bits per heavy atom. The molecule has 0 bridgehead atoms. The van der Waals surface area contributed by atoms with Crippen molar-refractivity contribution in [2.45, 2.75) is 89.5 Å². The van der Waals surface area contributed by atoms with E-state index in [9.17, 15) is 0 Å². The SMILES string of the molecule is C.C.C/C=C\C1=CCC(C)=C2CCC(=C(\C)C(C)C)/C=C\C(C)=C\12.CC. The lowest BCUT2D eigenvalue weighted by atomic mass is 9.79. The zero-order valence-electron chi connectivity index (χ0n) is 17.1. The second-order valence-electron chi connectivity index (χ2n) is 6.88. The lowest BCUT2D eigenvalue weighted by Gasteiger charge is -2.25. The standard InChI is InChI=1S/C22H30.C2H6.2CH4/c1-7-8-20-12-9-16(4)21-14-13-19(18(6)15(2)3)11-10-17(5)22(20)21;1-2;;/h7-8,10-12,15H,9,13-14H2,1-6H3;1-2H3;2*1H4/b8-7-,11-10-,19-18+,22-17-;;;. The van der Waals surface area contributed by atoms with Crippen molar-refractivity contribution in [3.63, 3.8) is 0 Å².